The van der Waals surface area contributed by atoms with Gasteiger partial charge in [-0.2, -0.15) is 0 Å². The molecule has 3 heterocycles. The summed E-state index contributed by atoms with van der Waals surface area (Å²) in [6.45, 7) is 0. The molecule has 1 aromatic carbocycles. The highest BCUT2D eigenvalue weighted by molar-refractivity contribution is 5.93. The summed E-state index contributed by atoms with van der Waals surface area (Å²) in [5.74, 6) is -2.14. The van der Waals surface area contributed by atoms with E-state index < -0.39 is 77.0 Å². The number of Topliss-reactive ketones (excluding diaryl/α,β-unsaturated/α-hetero) is 1. The van der Waals surface area contributed by atoms with Crippen LogP contribution in [0, 0.1) is 10.1 Å². The number of carbonyl (C=O) groups excluding carboxylic acids is 2. The number of non-ortho nitro benzene ring substituents is 1. The SMILES string of the molecule is CO[C@H]1[C@@H](O)[C@H](n2ccc(=O)[nH]c2=O)O[C@@H]1[C@@H](O[C@H]1OC(C(=O)CCc2ccc([N+](=O)[O-])cc2)=C[C@H](O)[C@@H]1O)C(N)=O. The van der Waals surface area contributed by atoms with E-state index in [4.69, 9.17) is 24.7 Å². The van der Waals surface area contributed by atoms with Gasteiger partial charge in [0.15, 0.2) is 23.9 Å². The molecule has 8 atom stereocenters. The molecule has 0 aliphatic carbocycles. The molecule has 42 heavy (non-hydrogen) atoms. The van der Waals surface area contributed by atoms with Crippen molar-refractivity contribution in [3.63, 3.8) is 0 Å². The Morgan fingerprint density at radius 1 is 1.17 bits per heavy atom. The van der Waals surface area contributed by atoms with Crippen LogP contribution in [0.2, 0.25) is 0 Å². The van der Waals surface area contributed by atoms with E-state index in [0.717, 1.165) is 22.9 Å². The number of aromatic amines is 1. The molecular weight excluding hydrogens is 564 g/mol. The summed E-state index contributed by atoms with van der Waals surface area (Å²) in [7, 11) is 1.18. The Bertz CT molecular complexity index is 1470. The molecule has 4 rings (SSSR count). The summed E-state index contributed by atoms with van der Waals surface area (Å²) in [5, 5.41) is 42.5. The summed E-state index contributed by atoms with van der Waals surface area (Å²) in [6.07, 6.45) is -10.8. The molecule has 1 aromatic heterocycles. The number of aromatic nitrogens is 2. The molecule has 6 N–H and O–H groups in total. The second-order valence-electron chi connectivity index (χ2n) is 9.50. The Balaban J connectivity index is 1.48. The van der Waals surface area contributed by atoms with E-state index in [1.54, 1.807) is 0 Å². The summed E-state index contributed by atoms with van der Waals surface area (Å²) >= 11 is 0. The number of nitrogens with one attached hydrogen (secondary N) is 1. The van der Waals surface area contributed by atoms with Gasteiger partial charge in [0.2, 0.25) is 12.2 Å². The standard InChI is InChI=1S/C25H28N4O13/c1-39-19-18(34)23(28-9-8-16(32)27-25(28)36)41-20(19)21(22(26)35)42-24-17(33)14(31)10-15(40-24)13(30)7-4-11-2-5-12(6-3-11)29(37)38/h2-3,5-6,8-10,14,17-21,23-24,31,33-34H,4,7H2,1H3,(H2,26,35)(H,27,32,36)/t14-,17-,18+,19-,20-,21+,23+,24+/m0/s1. The molecule has 17 nitrogen and oxygen atoms in total. The number of primary amides is 1. The quantitative estimate of drug-likeness (QED) is 0.137. The van der Waals surface area contributed by atoms with Crippen LogP contribution in [0.4, 0.5) is 5.69 Å². The molecule has 0 saturated carbocycles. The highest BCUT2D eigenvalue weighted by Gasteiger charge is 2.52. The van der Waals surface area contributed by atoms with Crippen molar-refractivity contribution in [3.05, 3.63) is 84.9 Å². The number of methoxy groups -OCH3 is 1. The van der Waals surface area contributed by atoms with Crippen molar-refractivity contribution in [3.8, 4) is 0 Å². The van der Waals surface area contributed by atoms with Crippen molar-refractivity contribution in [2.45, 2.75) is 62.0 Å². The molecule has 0 radical (unpaired) electrons. The number of nitrogens with zero attached hydrogens (tertiary/aromatic N) is 2. The number of aryl methyl sites for hydroxylation is 1. The van der Waals surface area contributed by atoms with Crippen LogP contribution >= 0.6 is 0 Å². The predicted molar refractivity (Wildman–Crippen MR) is 137 cm³/mol. The number of H-pyrrole nitrogens is 1. The number of nitro groups is 1. The third-order valence-electron chi connectivity index (χ3n) is 6.76. The lowest BCUT2D eigenvalue weighted by Gasteiger charge is -2.35. The maximum atomic E-state index is 12.8. The first-order chi connectivity index (χ1) is 19.9. The molecule has 1 fully saturated rings. The number of aliphatic hydroxyl groups excluding tert-OH is 3. The monoisotopic (exact) mass is 592 g/mol. The van der Waals surface area contributed by atoms with Crippen LogP contribution in [0.3, 0.4) is 0 Å². The number of hydrogen-bond acceptors (Lipinski definition) is 13. The van der Waals surface area contributed by atoms with Crippen LogP contribution in [0.1, 0.15) is 18.2 Å². The second kappa shape index (κ2) is 12.7. The van der Waals surface area contributed by atoms with Gasteiger partial charge >= 0.3 is 5.69 Å². The number of nitro benzene ring substituents is 1. The Morgan fingerprint density at radius 3 is 2.45 bits per heavy atom. The third-order valence-corrected chi connectivity index (χ3v) is 6.76. The molecule has 0 unspecified atom stereocenters. The maximum absolute atomic E-state index is 12.8. The Morgan fingerprint density at radius 2 is 1.86 bits per heavy atom. The van der Waals surface area contributed by atoms with Crippen molar-refractivity contribution < 1.29 is 48.8 Å². The molecule has 2 aliphatic rings. The third kappa shape index (κ3) is 6.46. The number of aliphatic hydroxyl groups is 3. The zero-order valence-electron chi connectivity index (χ0n) is 22.0. The van der Waals surface area contributed by atoms with Crippen molar-refractivity contribution >= 4 is 17.4 Å². The summed E-state index contributed by atoms with van der Waals surface area (Å²) < 4.78 is 22.9. The lowest BCUT2D eigenvalue weighted by Crippen LogP contribution is -2.53. The fourth-order valence-electron chi connectivity index (χ4n) is 4.58. The van der Waals surface area contributed by atoms with Gasteiger partial charge in [0.1, 0.15) is 30.5 Å². The van der Waals surface area contributed by atoms with Gasteiger partial charge in [-0.25, -0.2) is 4.79 Å². The van der Waals surface area contributed by atoms with E-state index in [1.165, 1.54) is 31.4 Å². The fourth-order valence-corrected chi connectivity index (χ4v) is 4.58. The number of hydrogen-bond donors (Lipinski definition) is 5. The van der Waals surface area contributed by atoms with Gasteiger partial charge in [-0.1, -0.05) is 12.1 Å². The minimum Gasteiger partial charge on any atom is -0.458 e. The predicted octanol–water partition coefficient (Wildman–Crippen LogP) is -2.25. The molecule has 17 heteroatoms. The minimum absolute atomic E-state index is 0.115. The van der Waals surface area contributed by atoms with Gasteiger partial charge in [0.05, 0.1) is 4.92 Å². The molecule has 1 amide bonds. The minimum atomic E-state index is -1.81. The zero-order chi connectivity index (χ0) is 30.7. The molecule has 2 aromatic rings. The number of allylic oxidation sites excluding steroid dienone is 1. The van der Waals surface area contributed by atoms with E-state index in [-0.39, 0.29) is 24.3 Å². The van der Waals surface area contributed by atoms with Crippen LogP contribution in [0.15, 0.2) is 58.0 Å². The van der Waals surface area contributed by atoms with E-state index in [0.29, 0.717) is 5.56 Å². The molecule has 2 aliphatic heterocycles. The molecular formula is C25H28N4O13. The maximum Gasteiger partial charge on any atom is 0.330 e. The first kappa shape index (κ1) is 30.7. The Hall–Kier alpha value is -4.26. The molecule has 0 bridgehead atoms. The number of ether oxygens (including phenoxy) is 4. The normalized spacial score (nSPS) is 28.0. The highest BCUT2D eigenvalue weighted by atomic mass is 16.7. The van der Waals surface area contributed by atoms with Crippen LogP contribution < -0.4 is 17.0 Å². The molecule has 1 saturated heterocycles. The van der Waals surface area contributed by atoms with Gasteiger partial charge in [0.25, 0.3) is 11.2 Å². The van der Waals surface area contributed by atoms with Crippen LogP contribution in [-0.2, 0) is 35.0 Å². The average Bonchev–Trinajstić information content (AvgIpc) is 3.27. The number of carbonyl (C=O) groups is 2. The van der Waals surface area contributed by atoms with Crippen LogP contribution in [-0.4, -0.2) is 91.5 Å². The zero-order valence-corrected chi connectivity index (χ0v) is 22.0. The van der Waals surface area contributed by atoms with Crippen molar-refractivity contribution in [2.24, 2.45) is 5.73 Å². The molecule has 226 valence electrons. The number of amides is 1. The summed E-state index contributed by atoms with van der Waals surface area (Å²) in [5.41, 5.74) is 4.41. The number of ketones is 1. The number of rotatable bonds is 11. The van der Waals surface area contributed by atoms with Gasteiger partial charge in [0, 0.05) is 37.9 Å². The summed E-state index contributed by atoms with van der Waals surface area (Å²) in [6, 6.07) is 6.56. The Kier molecular flexibility index (Phi) is 9.30. The molecule has 0 spiro atoms. The largest absolute Gasteiger partial charge is 0.458 e. The topological polar surface area (TPSA) is 256 Å². The average molecular weight is 593 g/mol. The van der Waals surface area contributed by atoms with E-state index in [1.807, 2.05) is 4.98 Å². The van der Waals surface area contributed by atoms with Crippen LogP contribution in [0.25, 0.3) is 0 Å². The van der Waals surface area contributed by atoms with E-state index >= 15 is 0 Å². The Labute approximate surface area is 235 Å². The fraction of sp³-hybridized carbons (Fsp3) is 0.440. The first-order valence-corrected chi connectivity index (χ1v) is 12.5. The van der Waals surface area contributed by atoms with Crippen molar-refractivity contribution in [2.75, 3.05) is 7.11 Å². The second-order valence-corrected chi connectivity index (χ2v) is 9.50. The highest BCUT2D eigenvalue weighted by Crippen LogP contribution is 2.34. The van der Waals surface area contributed by atoms with E-state index in [2.05, 4.69) is 0 Å². The van der Waals surface area contributed by atoms with E-state index in [9.17, 15) is 44.6 Å². The summed E-state index contributed by atoms with van der Waals surface area (Å²) in [4.78, 5) is 61.3. The van der Waals surface area contributed by atoms with Crippen molar-refractivity contribution in [1.29, 1.82) is 0 Å². The lowest BCUT2D eigenvalue weighted by atomic mass is 10.0. The van der Waals surface area contributed by atoms with Crippen LogP contribution in [0.5, 0.6) is 0 Å². The van der Waals surface area contributed by atoms with Gasteiger partial charge in [-0.15, -0.1) is 0 Å². The first-order valence-electron chi connectivity index (χ1n) is 12.5. The van der Waals surface area contributed by atoms with Gasteiger partial charge in [-0.3, -0.25) is 34.0 Å². The van der Waals surface area contributed by atoms with Crippen molar-refractivity contribution in [1.82, 2.24) is 9.55 Å². The smallest absolute Gasteiger partial charge is 0.330 e. The van der Waals surface area contributed by atoms with Gasteiger partial charge in [-0.05, 0) is 18.1 Å². The lowest BCUT2D eigenvalue weighted by molar-refractivity contribution is -0.384. The number of benzene rings is 1. The van der Waals surface area contributed by atoms with Gasteiger partial charge < -0.3 is 40.0 Å². The number of nitrogens with two attached hydrogens (primary N) is 1.